The van der Waals surface area contributed by atoms with Gasteiger partial charge in [-0.1, -0.05) is 0 Å². The Bertz CT molecular complexity index is 250. The molecule has 0 aromatic carbocycles. The van der Waals surface area contributed by atoms with Crippen LogP contribution in [0.3, 0.4) is 0 Å². The van der Waals surface area contributed by atoms with Gasteiger partial charge in [0.1, 0.15) is 6.04 Å². The van der Waals surface area contributed by atoms with E-state index in [0.29, 0.717) is 12.8 Å². The summed E-state index contributed by atoms with van der Waals surface area (Å²) in [7, 11) is 0. The molecule has 1 fully saturated rings. The molecule has 80 valence electrons. The van der Waals surface area contributed by atoms with Gasteiger partial charge in [-0.25, -0.2) is 0 Å². The maximum Gasteiger partial charge on any atom is 0.243 e. The van der Waals surface area contributed by atoms with Crippen molar-refractivity contribution in [3.63, 3.8) is 0 Å². The number of nitrogens with one attached hydrogen (secondary N) is 2. The zero-order valence-corrected chi connectivity index (χ0v) is 8.46. The Morgan fingerprint density at radius 1 is 1.71 bits per heavy atom. The summed E-state index contributed by atoms with van der Waals surface area (Å²) < 4.78 is 0. The summed E-state index contributed by atoms with van der Waals surface area (Å²) in [5.41, 5.74) is -0.635. The van der Waals surface area contributed by atoms with Crippen molar-refractivity contribution in [1.82, 2.24) is 10.6 Å². The molecule has 1 saturated heterocycles. The Kier molecular flexibility index (Phi) is 3.10. The highest BCUT2D eigenvalue weighted by atomic mass is 16.3. The molecule has 1 rings (SSSR count). The molecule has 1 aliphatic heterocycles. The van der Waals surface area contributed by atoms with Gasteiger partial charge in [-0.15, -0.1) is 0 Å². The predicted octanol–water partition coefficient (Wildman–Crippen LogP) is -0.848. The van der Waals surface area contributed by atoms with Crippen LogP contribution in [0.25, 0.3) is 0 Å². The molecule has 0 aliphatic carbocycles. The number of aliphatic hydroxyl groups excluding tert-OH is 1. The molecular weight excluding hydrogens is 184 g/mol. The van der Waals surface area contributed by atoms with E-state index >= 15 is 0 Å². The molecule has 2 amide bonds. The fraction of sp³-hybridized carbons (Fsp3) is 0.778. The molecule has 1 heterocycles. The molecule has 0 aromatic heterocycles. The standard InChI is InChI=1S/C9H16N2O3/c1-9(2,5-12)11-8(14)6-3-4-7(13)10-6/h6,12H,3-5H2,1-2H3,(H,10,13)(H,11,14). The number of carbonyl (C=O) groups excluding carboxylic acids is 2. The summed E-state index contributed by atoms with van der Waals surface area (Å²) in [4.78, 5) is 22.4. The smallest absolute Gasteiger partial charge is 0.243 e. The van der Waals surface area contributed by atoms with Crippen LogP contribution in [0.1, 0.15) is 26.7 Å². The molecule has 14 heavy (non-hydrogen) atoms. The Morgan fingerprint density at radius 3 is 2.79 bits per heavy atom. The first kappa shape index (κ1) is 11.0. The molecule has 1 unspecified atom stereocenters. The summed E-state index contributed by atoms with van der Waals surface area (Å²) in [6, 6.07) is -0.437. The third-order valence-corrected chi connectivity index (χ3v) is 2.17. The Balaban J connectivity index is 2.46. The molecule has 0 radical (unpaired) electrons. The molecule has 5 heteroatoms. The summed E-state index contributed by atoms with van der Waals surface area (Å²) in [5.74, 6) is -0.318. The number of aliphatic hydroxyl groups is 1. The first-order valence-corrected chi connectivity index (χ1v) is 4.67. The minimum atomic E-state index is -0.635. The third-order valence-electron chi connectivity index (χ3n) is 2.17. The minimum absolute atomic E-state index is 0.0908. The van der Waals surface area contributed by atoms with Crippen molar-refractivity contribution in [2.45, 2.75) is 38.3 Å². The number of hydrogen-bond acceptors (Lipinski definition) is 3. The summed E-state index contributed by atoms with van der Waals surface area (Å²) in [6.07, 6.45) is 0.934. The van der Waals surface area contributed by atoms with Crippen molar-refractivity contribution >= 4 is 11.8 Å². The number of carbonyl (C=O) groups is 2. The Hall–Kier alpha value is -1.10. The van der Waals surface area contributed by atoms with E-state index in [-0.39, 0.29) is 18.4 Å². The van der Waals surface area contributed by atoms with Gasteiger partial charge in [0, 0.05) is 6.42 Å². The maximum atomic E-state index is 11.5. The lowest BCUT2D eigenvalue weighted by molar-refractivity contribution is -0.127. The molecular formula is C9H16N2O3. The lowest BCUT2D eigenvalue weighted by atomic mass is 10.1. The van der Waals surface area contributed by atoms with Crippen molar-refractivity contribution in [2.75, 3.05) is 6.61 Å². The maximum absolute atomic E-state index is 11.5. The average Bonchev–Trinajstić information content (AvgIpc) is 2.51. The van der Waals surface area contributed by atoms with E-state index < -0.39 is 11.6 Å². The van der Waals surface area contributed by atoms with Gasteiger partial charge in [-0.05, 0) is 20.3 Å². The minimum Gasteiger partial charge on any atom is -0.394 e. The fourth-order valence-electron chi connectivity index (χ4n) is 1.27. The van der Waals surface area contributed by atoms with Gasteiger partial charge in [-0.3, -0.25) is 9.59 Å². The SMILES string of the molecule is CC(C)(CO)NC(=O)C1CCC(=O)N1. The van der Waals surface area contributed by atoms with Gasteiger partial charge in [0.25, 0.3) is 0 Å². The summed E-state index contributed by atoms with van der Waals surface area (Å²) in [5, 5.41) is 14.2. The monoisotopic (exact) mass is 200 g/mol. The van der Waals surface area contributed by atoms with Crippen LogP contribution >= 0.6 is 0 Å². The zero-order valence-electron chi connectivity index (χ0n) is 8.46. The molecule has 0 saturated carbocycles. The van der Waals surface area contributed by atoms with Crippen molar-refractivity contribution in [3.05, 3.63) is 0 Å². The molecule has 0 spiro atoms. The fourth-order valence-corrected chi connectivity index (χ4v) is 1.27. The van der Waals surface area contributed by atoms with Crippen molar-refractivity contribution < 1.29 is 14.7 Å². The lowest BCUT2D eigenvalue weighted by Crippen LogP contribution is -2.52. The van der Waals surface area contributed by atoms with Gasteiger partial charge in [0.15, 0.2) is 0 Å². The second-order valence-corrected chi connectivity index (χ2v) is 4.19. The first-order chi connectivity index (χ1) is 6.44. The number of amides is 2. The predicted molar refractivity (Wildman–Crippen MR) is 50.5 cm³/mol. The van der Waals surface area contributed by atoms with Crippen LogP contribution in [0.4, 0.5) is 0 Å². The van der Waals surface area contributed by atoms with E-state index in [4.69, 9.17) is 5.11 Å². The lowest BCUT2D eigenvalue weighted by Gasteiger charge is -2.25. The van der Waals surface area contributed by atoms with Crippen LogP contribution in [0.2, 0.25) is 0 Å². The van der Waals surface area contributed by atoms with Crippen LogP contribution < -0.4 is 10.6 Å². The Labute approximate surface area is 82.9 Å². The van der Waals surface area contributed by atoms with Crippen LogP contribution in [-0.2, 0) is 9.59 Å². The van der Waals surface area contributed by atoms with Crippen LogP contribution in [0, 0.1) is 0 Å². The average molecular weight is 200 g/mol. The largest absolute Gasteiger partial charge is 0.394 e. The molecule has 1 aliphatic rings. The highest BCUT2D eigenvalue weighted by Crippen LogP contribution is 2.08. The molecule has 0 aromatic rings. The topological polar surface area (TPSA) is 78.4 Å². The highest BCUT2D eigenvalue weighted by molar-refractivity contribution is 5.91. The third kappa shape index (κ3) is 2.70. The normalized spacial score (nSPS) is 21.9. The van der Waals surface area contributed by atoms with Crippen LogP contribution in [-0.4, -0.2) is 35.1 Å². The van der Waals surface area contributed by atoms with Gasteiger partial charge in [-0.2, -0.15) is 0 Å². The quantitative estimate of drug-likeness (QED) is 0.555. The molecule has 0 bridgehead atoms. The van der Waals surface area contributed by atoms with Crippen molar-refractivity contribution in [2.24, 2.45) is 0 Å². The van der Waals surface area contributed by atoms with Crippen LogP contribution in [0.15, 0.2) is 0 Å². The van der Waals surface area contributed by atoms with Crippen molar-refractivity contribution in [3.8, 4) is 0 Å². The molecule has 1 atom stereocenters. The second kappa shape index (κ2) is 3.96. The van der Waals surface area contributed by atoms with Crippen LogP contribution in [0.5, 0.6) is 0 Å². The Morgan fingerprint density at radius 2 is 2.36 bits per heavy atom. The number of hydrogen-bond donors (Lipinski definition) is 3. The van der Waals surface area contributed by atoms with E-state index in [2.05, 4.69) is 10.6 Å². The second-order valence-electron chi connectivity index (χ2n) is 4.19. The molecule has 5 nitrogen and oxygen atoms in total. The van der Waals surface area contributed by atoms with Gasteiger partial charge >= 0.3 is 0 Å². The van der Waals surface area contributed by atoms with E-state index in [0.717, 1.165) is 0 Å². The highest BCUT2D eigenvalue weighted by Gasteiger charge is 2.30. The summed E-state index contributed by atoms with van der Waals surface area (Å²) >= 11 is 0. The van der Waals surface area contributed by atoms with E-state index in [1.807, 2.05) is 0 Å². The van der Waals surface area contributed by atoms with Gasteiger partial charge < -0.3 is 15.7 Å². The van der Waals surface area contributed by atoms with E-state index in [1.54, 1.807) is 13.8 Å². The van der Waals surface area contributed by atoms with Crippen molar-refractivity contribution in [1.29, 1.82) is 0 Å². The number of rotatable bonds is 3. The first-order valence-electron chi connectivity index (χ1n) is 4.67. The van der Waals surface area contributed by atoms with E-state index in [9.17, 15) is 9.59 Å². The zero-order chi connectivity index (χ0) is 10.8. The van der Waals surface area contributed by atoms with E-state index in [1.165, 1.54) is 0 Å². The van der Waals surface area contributed by atoms with Gasteiger partial charge in [0.2, 0.25) is 11.8 Å². The summed E-state index contributed by atoms with van der Waals surface area (Å²) in [6.45, 7) is 3.32. The molecule has 3 N–H and O–H groups in total. The van der Waals surface area contributed by atoms with Gasteiger partial charge in [0.05, 0.1) is 12.1 Å².